The number of aromatic nitrogens is 1. The molecule has 0 saturated carbocycles. The van der Waals surface area contributed by atoms with Crippen LogP contribution in [0.3, 0.4) is 0 Å². The number of pyridine rings is 1. The summed E-state index contributed by atoms with van der Waals surface area (Å²) in [6.45, 7) is 0. The predicted molar refractivity (Wildman–Crippen MR) is 94.1 cm³/mol. The van der Waals surface area contributed by atoms with Crippen LogP contribution in [0, 0.1) is 0 Å². The van der Waals surface area contributed by atoms with Gasteiger partial charge in [-0.3, -0.25) is 9.78 Å². The third kappa shape index (κ3) is 3.40. The second-order valence-corrected chi connectivity index (χ2v) is 7.86. The lowest BCUT2D eigenvalue weighted by Gasteiger charge is -2.12. The van der Waals surface area contributed by atoms with Crippen LogP contribution in [0.1, 0.15) is 10.4 Å². The van der Waals surface area contributed by atoms with Crippen molar-refractivity contribution in [2.45, 2.75) is 11.1 Å². The first-order chi connectivity index (χ1) is 11.9. The summed E-state index contributed by atoms with van der Waals surface area (Å²) in [5.74, 6) is -0.100. The number of rotatable bonds is 5. The maximum absolute atomic E-state index is 12.2. The molecule has 25 heavy (non-hydrogen) atoms. The SMILES string of the molecule is CN(C)S(=O)(=O)c1ccc(-c2ccc(C(=O)C3NC=CN3)cn2)cc1. The Kier molecular flexibility index (Phi) is 4.56. The predicted octanol–water partition coefficient (Wildman–Crippen LogP) is 1.17. The summed E-state index contributed by atoms with van der Waals surface area (Å²) in [5, 5.41) is 5.80. The molecular weight excluding hydrogens is 340 g/mol. The topological polar surface area (TPSA) is 91.4 Å². The molecule has 0 spiro atoms. The fourth-order valence-corrected chi connectivity index (χ4v) is 3.28. The van der Waals surface area contributed by atoms with Crippen LogP contribution in [0.5, 0.6) is 0 Å². The third-order valence-electron chi connectivity index (χ3n) is 3.85. The zero-order valence-electron chi connectivity index (χ0n) is 13.8. The average molecular weight is 358 g/mol. The minimum Gasteiger partial charge on any atom is -0.364 e. The van der Waals surface area contributed by atoms with Crippen LogP contribution in [0.2, 0.25) is 0 Å². The Morgan fingerprint density at radius 2 is 1.68 bits per heavy atom. The highest BCUT2D eigenvalue weighted by atomic mass is 32.2. The number of Topliss-reactive ketones (excluding diaryl/α,β-unsaturated/α-hetero) is 1. The second kappa shape index (κ2) is 6.66. The van der Waals surface area contributed by atoms with Crippen molar-refractivity contribution in [3.63, 3.8) is 0 Å². The van der Waals surface area contributed by atoms with Gasteiger partial charge in [0.15, 0.2) is 6.17 Å². The van der Waals surface area contributed by atoms with Gasteiger partial charge in [0, 0.05) is 43.8 Å². The summed E-state index contributed by atoms with van der Waals surface area (Å²) in [7, 11) is -0.474. The largest absolute Gasteiger partial charge is 0.364 e. The molecule has 1 aromatic carbocycles. The molecular formula is C17H18N4O3S. The van der Waals surface area contributed by atoms with Crippen LogP contribution in [0.15, 0.2) is 59.9 Å². The van der Waals surface area contributed by atoms with E-state index >= 15 is 0 Å². The van der Waals surface area contributed by atoms with Gasteiger partial charge >= 0.3 is 0 Å². The zero-order chi connectivity index (χ0) is 18.0. The highest BCUT2D eigenvalue weighted by Crippen LogP contribution is 2.21. The van der Waals surface area contributed by atoms with Crippen molar-refractivity contribution in [3.8, 4) is 11.3 Å². The monoisotopic (exact) mass is 358 g/mol. The van der Waals surface area contributed by atoms with E-state index in [1.54, 1.807) is 48.8 Å². The molecule has 2 N–H and O–H groups in total. The molecule has 0 amide bonds. The van der Waals surface area contributed by atoms with E-state index in [1.165, 1.54) is 24.6 Å². The molecule has 0 aliphatic carbocycles. The number of sulfonamides is 1. The maximum atomic E-state index is 12.2. The first kappa shape index (κ1) is 17.1. The number of hydrogen-bond acceptors (Lipinski definition) is 6. The Morgan fingerprint density at radius 1 is 1.04 bits per heavy atom. The summed E-state index contributed by atoms with van der Waals surface area (Å²) in [6.07, 6.45) is 4.40. The molecule has 2 heterocycles. The molecule has 0 atom stereocenters. The Morgan fingerprint density at radius 3 is 2.20 bits per heavy atom. The molecule has 0 unspecified atom stereocenters. The van der Waals surface area contributed by atoms with Crippen LogP contribution in [-0.2, 0) is 10.0 Å². The fraction of sp³-hybridized carbons (Fsp3) is 0.176. The first-order valence-corrected chi connectivity index (χ1v) is 9.04. The van der Waals surface area contributed by atoms with E-state index in [9.17, 15) is 13.2 Å². The molecule has 7 nitrogen and oxygen atoms in total. The van der Waals surface area contributed by atoms with Crippen LogP contribution in [0.4, 0.5) is 0 Å². The van der Waals surface area contributed by atoms with Gasteiger partial charge in [0.2, 0.25) is 15.8 Å². The molecule has 1 aromatic heterocycles. The average Bonchev–Trinajstić information content (AvgIpc) is 3.16. The van der Waals surface area contributed by atoms with Gasteiger partial charge in [-0.05, 0) is 24.3 Å². The molecule has 0 radical (unpaired) electrons. The van der Waals surface area contributed by atoms with E-state index in [4.69, 9.17) is 0 Å². The number of carbonyl (C=O) groups is 1. The van der Waals surface area contributed by atoms with Crippen molar-refractivity contribution >= 4 is 15.8 Å². The molecule has 8 heteroatoms. The van der Waals surface area contributed by atoms with Crippen molar-refractivity contribution in [2.75, 3.05) is 14.1 Å². The number of carbonyl (C=O) groups excluding carboxylic acids is 1. The highest BCUT2D eigenvalue weighted by molar-refractivity contribution is 7.89. The molecule has 3 rings (SSSR count). The number of benzene rings is 1. The summed E-state index contributed by atoms with van der Waals surface area (Å²) in [6, 6.07) is 9.93. The number of hydrogen-bond donors (Lipinski definition) is 2. The Balaban J connectivity index is 1.79. The number of nitrogens with zero attached hydrogens (tertiary/aromatic N) is 2. The summed E-state index contributed by atoms with van der Waals surface area (Å²) >= 11 is 0. The van der Waals surface area contributed by atoms with E-state index < -0.39 is 16.2 Å². The number of ketones is 1. The van der Waals surface area contributed by atoms with E-state index in [1.807, 2.05) is 0 Å². The van der Waals surface area contributed by atoms with Gasteiger partial charge in [0.25, 0.3) is 0 Å². The Labute approximate surface area is 146 Å². The van der Waals surface area contributed by atoms with Crippen LogP contribution >= 0.6 is 0 Å². The van der Waals surface area contributed by atoms with E-state index in [0.29, 0.717) is 11.3 Å². The minimum absolute atomic E-state index is 0.100. The molecule has 0 fully saturated rings. The van der Waals surface area contributed by atoms with Gasteiger partial charge in [0.1, 0.15) is 0 Å². The standard InChI is InChI=1S/C17H18N4O3S/c1-21(2)25(23,24)14-6-3-12(4-7-14)15-8-5-13(11-20-15)16(22)17-18-9-10-19-17/h3-11,17-19H,1-2H3. The van der Waals surface area contributed by atoms with Crippen molar-refractivity contribution < 1.29 is 13.2 Å². The van der Waals surface area contributed by atoms with Crippen LogP contribution < -0.4 is 10.6 Å². The van der Waals surface area contributed by atoms with Gasteiger partial charge in [-0.2, -0.15) is 0 Å². The third-order valence-corrected chi connectivity index (χ3v) is 5.68. The smallest absolute Gasteiger partial charge is 0.242 e. The zero-order valence-corrected chi connectivity index (χ0v) is 14.6. The number of nitrogens with one attached hydrogen (secondary N) is 2. The van der Waals surface area contributed by atoms with Gasteiger partial charge < -0.3 is 10.6 Å². The van der Waals surface area contributed by atoms with Crippen LogP contribution in [-0.4, -0.2) is 43.8 Å². The molecule has 130 valence electrons. The summed E-state index contributed by atoms with van der Waals surface area (Å²) in [4.78, 5) is 16.8. The molecule has 0 bridgehead atoms. The first-order valence-electron chi connectivity index (χ1n) is 7.60. The quantitative estimate of drug-likeness (QED) is 0.780. The van der Waals surface area contributed by atoms with Gasteiger partial charge in [-0.25, -0.2) is 12.7 Å². The van der Waals surface area contributed by atoms with E-state index in [2.05, 4.69) is 15.6 Å². The minimum atomic E-state index is -3.45. The van der Waals surface area contributed by atoms with E-state index in [0.717, 1.165) is 5.56 Å². The summed E-state index contributed by atoms with van der Waals surface area (Å²) < 4.78 is 25.3. The summed E-state index contributed by atoms with van der Waals surface area (Å²) in [5.41, 5.74) is 1.93. The Bertz CT molecular complexity index is 896. The van der Waals surface area contributed by atoms with E-state index in [-0.39, 0.29) is 10.7 Å². The van der Waals surface area contributed by atoms with Crippen molar-refractivity contribution in [2.24, 2.45) is 0 Å². The molecule has 2 aromatic rings. The normalized spacial score (nSPS) is 14.4. The van der Waals surface area contributed by atoms with Crippen LogP contribution in [0.25, 0.3) is 11.3 Å². The van der Waals surface area contributed by atoms with Crippen molar-refractivity contribution in [1.29, 1.82) is 0 Å². The fourth-order valence-electron chi connectivity index (χ4n) is 2.37. The lowest BCUT2D eigenvalue weighted by molar-refractivity contribution is 0.0944. The Hall–Kier alpha value is -2.71. The molecule has 0 saturated heterocycles. The lowest BCUT2D eigenvalue weighted by atomic mass is 10.1. The lowest BCUT2D eigenvalue weighted by Crippen LogP contribution is -2.39. The maximum Gasteiger partial charge on any atom is 0.242 e. The molecule has 1 aliphatic heterocycles. The van der Waals surface area contributed by atoms with Gasteiger partial charge in [0.05, 0.1) is 10.6 Å². The van der Waals surface area contributed by atoms with Gasteiger partial charge in [-0.15, -0.1) is 0 Å². The van der Waals surface area contributed by atoms with Gasteiger partial charge in [-0.1, -0.05) is 12.1 Å². The van der Waals surface area contributed by atoms with Crippen molar-refractivity contribution in [1.82, 2.24) is 19.9 Å². The van der Waals surface area contributed by atoms with Crippen molar-refractivity contribution in [3.05, 3.63) is 60.6 Å². The highest BCUT2D eigenvalue weighted by Gasteiger charge is 2.20. The molecule has 1 aliphatic rings. The second-order valence-electron chi connectivity index (χ2n) is 5.71.